The summed E-state index contributed by atoms with van der Waals surface area (Å²) in [6.45, 7) is 1.81. The Labute approximate surface area is 186 Å². The third kappa shape index (κ3) is 3.45. The molecule has 3 aromatic heterocycles. The van der Waals surface area contributed by atoms with Crippen molar-refractivity contribution in [2.45, 2.75) is 51.1 Å². The van der Waals surface area contributed by atoms with Gasteiger partial charge in [-0.15, -0.1) is 11.3 Å². The van der Waals surface area contributed by atoms with Crippen molar-refractivity contribution in [3.05, 3.63) is 60.8 Å². The molecule has 0 spiro atoms. The number of fused-ring (bicyclic) bond motifs is 2. The van der Waals surface area contributed by atoms with Crippen molar-refractivity contribution in [1.29, 1.82) is 0 Å². The largest absolute Gasteiger partial charge is 0.462 e. The summed E-state index contributed by atoms with van der Waals surface area (Å²) in [5.41, 5.74) is 9.75. The van der Waals surface area contributed by atoms with Crippen molar-refractivity contribution in [2.75, 3.05) is 6.61 Å². The van der Waals surface area contributed by atoms with Gasteiger partial charge in [-0.05, 0) is 62.3 Å². The molecule has 32 heavy (non-hydrogen) atoms. The summed E-state index contributed by atoms with van der Waals surface area (Å²) in [6, 6.07) is 2.94. The summed E-state index contributed by atoms with van der Waals surface area (Å²) in [7, 11) is 0. The first-order valence-electron chi connectivity index (χ1n) is 10.6. The number of azide groups is 1. The van der Waals surface area contributed by atoms with Crippen molar-refractivity contribution in [3.8, 4) is 10.6 Å². The van der Waals surface area contributed by atoms with Crippen LogP contribution in [0.5, 0.6) is 0 Å². The van der Waals surface area contributed by atoms with Gasteiger partial charge < -0.3 is 9.30 Å². The number of aryl methyl sites for hydroxylation is 1. The zero-order valence-corrected chi connectivity index (χ0v) is 18.2. The lowest BCUT2D eigenvalue weighted by atomic mass is 9.95. The summed E-state index contributed by atoms with van der Waals surface area (Å²) in [5, 5.41) is 3.96. The fourth-order valence-electron chi connectivity index (χ4n) is 4.23. The maximum Gasteiger partial charge on any atom is 0.343 e. The molecule has 0 aromatic carbocycles. The first-order chi connectivity index (χ1) is 15.5. The molecule has 0 amide bonds. The highest BCUT2D eigenvalue weighted by atomic mass is 32.1. The zero-order chi connectivity index (χ0) is 22.4. The Morgan fingerprint density at radius 2 is 2.22 bits per heavy atom. The molecule has 10 heteroatoms. The Kier molecular flexibility index (Phi) is 5.19. The van der Waals surface area contributed by atoms with Gasteiger partial charge in [0, 0.05) is 22.0 Å². The van der Waals surface area contributed by atoms with Crippen LogP contribution in [0.3, 0.4) is 0 Å². The summed E-state index contributed by atoms with van der Waals surface area (Å²) in [5.74, 6) is -1.34. The highest BCUT2D eigenvalue weighted by molar-refractivity contribution is 7.15. The van der Waals surface area contributed by atoms with E-state index in [1.165, 1.54) is 23.6 Å². The molecule has 0 aliphatic heterocycles. The van der Waals surface area contributed by atoms with Crippen molar-refractivity contribution in [3.63, 3.8) is 0 Å². The van der Waals surface area contributed by atoms with Gasteiger partial charge in [-0.25, -0.2) is 14.2 Å². The van der Waals surface area contributed by atoms with Crippen LogP contribution in [-0.4, -0.2) is 22.1 Å². The summed E-state index contributed by atoms with van der Waals surface area (Å²) < 4.78 is 22.0. The number of ether oxygens (including phenoxy) is 1. The van der Waals surface area contributed by atoms with Gasteiger partial charge in [0.25, 0.3) is 0 Å². The number of aromatic nitrogens is 2. The Hall–Kier alpha value is -3.23. The van der Waals surface area contributed by atoms with Crippen LogP contribution in [0.1, 0.15) is 65.5 Å². The van der Waals surface area contributed by atoms with Crippen molar-refractivity contribution in [1.82, 2.24) is 9.55 Å². The molecule has 0 bridgehead atoms. The number of pyridine rings is 2. The van der Waals surface area contributed by atoms with Gasteiger partial charge in [-0.1, -0.05) is 5.11 Å². The van der Waals surface area contributed by atoms with Crippen molar-refractivity contribution >= 4 is 28.3 Å². The van der Waals surface area contributed by atoms with Gasteiger partial charge in [0.05, 0.1) is 22.9 Å². The normalized spacial score (nSPS) is 17.6. The molecule has 0 N–H and O–H groups in total. The number of thiophene rings is 1. The average molecular weight is 453 g/mol. The van der Waals surface area contributed by atoms with E-state index < -0.39 is 17.2 Å². The molecule has 1 fully saturated rings. The van der Waals surface area contributed by atoms with Crippen LogP contribution in [0.15, 0.2) is 28.2 Å². The van der Waals surface area contributed by atoms with Crippen LogP contribution in [0, 0.1) is 5.82 Å². The zero-order valence-electron chi connectivity index (χ0n) is 17.4. The molecule has 2 aliphatic carbocycles. The second-order valence-corrected chi connectivity index (χ2v) is 9.12. The molecule has 1 unspecified atom stereocenters. The lowest BCUT2D eigenvalue weighted by molar-refractivity contribution is 0.0524. The number of halogens is 1. The molecule has 1 saturated carbocycles. The Bertz CT molecular complexity index is 1350. The summed E-state index contributed by atoms with van der Waals surface area (Å²) >= 11 is 1.38. The topological polar surface area (TPSA) is 110 Å². The van der Waals surface area contributed by atoms with E-state index in [9.17, 15) is 9.59 Å². The minimum absolute atomic E-state index is 0.0666. The van der Waals surface area contributed by atoms with E-state index in [2.05, 4.69) is 15.0 Å². The lowest BCUT2D eigenvalue weighted by Gasteiger charge is -2.16. The van der Waals surface area contributed by atoms with Crippen molar-refractivity contribution in [2.24, 2.45) is 5.11 Å². The number of hydrogen-bond donors (Lipinski definition) is 0. The number of carbonyl (C=O) groups excluding carboxylic acids is 1. The van der Waals surface area contributed by atoms with Crippen LogP contribution in [0.25, 0.3) is 32.0 Å². The third-order valence-electron chi connectivity index (χ3n) is 5.89. The van der Waals surface area contributed by atoms with E-state index >= 15 is 4.39 Å². The number of nitrogens with zero attached hydrogens (tertiary/aromatic N) is 5. The standard InChI is InChI=1S/C22H20FN5O3S/c1-2-31-22(30)14-10-28(12-6-7-12)21-13(19(14)29)9-15(23)18(25-21)17-8-11-4-3-5-16(26-27-24)20(11)32-17/h8-10,12,16H,2-7H2,1H3. The van der Waals surface area contributed by atoms with Gasteiger partial charge >= 0.3 is 5.97 Å². The predicted octanol–water partition coefficient (Wildman–Crippen LogP) is 5.46. The predicted molar refractivity (Wildman–Crippen MR) is 118 cm³/mol. The number of esters is 1. The van der Waals surface area contributed by atoms with Gasteiger partial charge in [0.2, 0.25) is 5.43 Å². The minimum Gasteiger partial charge on any atom is -0.462 e. The van der Waals surface area contributed by atoms with Crippen LogP contribution in [0.2, 0.25) is 0 Å². The maximum absolute atomic E-state index is 15.2. The summed E-state index contributed by atoms with van der Waals surface area (Å²) in [4.78, 5) is 34.3. The van der Waals surface area contributed by atoms with E-state index in [4.69, 9.17) is 10.3 Å². The molecule has 2 aliphatic rings. The molecule has 1 atom stereocenters. The van der Waals surface area contributed by atoms with Gasteiger partial charge in [0.15, 0.2) is 5.82 Å². The Morgan fingerprint density at radius 3 is 2.94 bits per heavy atom. The van der Waals surface area contributed by atoms with Crippen LogP contribution >= 0.6 is 11.3 Å². The Balaban J connectivity index is 1.68. The van der Waals surface area contributed by atoms with E-state index in [1.54, 1.807) is 11.5 Å². The highest BCUT2D eigenvalue weighted by Gasteiger charge is 2.29. The van der Waals surface area contributed by atoms with Crippen molar-refractivity contribution < 1.29 is 13.9 Å². The molecule has 0 radical (unpaired) electrons. The second-order valence-electron chi connectivity index (χ2n) is 8.03. The molecule has 3 aromatic rings. The van der Waals surface area contributed by atoms with E-state index in [0.717, 1.165) is 42.5 Å². The van der Waals surface area contributed by atoms with Gasteiger partial charge in [-0.3, -0.25) is 4.79 Å². The maximum atomic E-state index is 15.2. The quantitative estimate of drug-likeness (QED) is 0.221. The molecule has 8 nitrogen and oxygen atoms in total. The molecule has 0 saturated heterocycles. The SMILES string of the molecule is CCOC(=O)c1cn(C2CC2)c2nc(-c3cc4c(s3)C(N=[N+]=[N-])CCC4)c(F)cc2c1=O. The molecule has 3 heterocycles. The first-order valence-corrected chi connectivity index (χ1v) is 11.4. The molecular formula is C22H20FN5O3S. The van der Waals surface area contributed by atoms with Crippen LogP contribution < -0.4 is 5.43 Å². The number of carbonyl (C=O) groups is 1. The second kappa shape index (κ2) is 8.03. The number of rotatable bonds is 5. The van der Waals surface area contributed by atoms with E-state index in [1.807, 2.05) is 6.07 Å². The lowest BCUT2D eigenvalue weighted by Crippen LogP contribution is -2.21. The van der Waals surface area contributed by atoms with Crippen LogP contribution in [-0.2, 0) is 11.2 Å². The first kappa shape index (κ1) is 20.7. The van der Waals surface area contributed by atoms with Gasteiger partial charge in [-0.2, -0.15) is 0 Å². The third-order valence-corrected chi connectivity index (χ3v) is 7.17. The molecular weight excluding hydrogens is 433 g/mol. The van der Waals surface area contributed by atoms with E-state index in [-0.39, 0.29) is 35.3 Å². The van der Waals surface area contributed by atoms with Gasteiger partial charge in [0.1, 0.15) is 16.9 Å². The Morgan fingerprint density at radius 1 is 1.41 bits per heavy atom. The van der Waals surface area contributed by atoms with E-state index in [0.29, 0.717) is 10.5 Å². The smallest absolute Gasteiger partial charge is 0.343 e. The highest BCUT2D eigenvalue weighted by Crippen LogP contribution is 2.43. The van der Waals surface area contributed by atoms with Crippen LogP contribution in [0.4, 0.5) is 4.39 Å². The molecule has 164 valence electrons. The minimum atomic E-state index is -0.715. The fourth-order valence-corrected chi connectivity index (χ4v) is 5.50. The molecule has 5 rings (SSSR count). The number of hydrogen-bond acceptors (Lipinski definition) is 6. The fraction of sp³-hybridized carbons (Fsp3) is 0.409. The average Bonchev–Trinajstić information content (AvgIpc) is 3.52. The monoisotopic (exact) mass is 453 g/mol. The summed E-state index contributed by atoms with van der Waals surface area (Å²) in [6.07, 6.45) is 5.80.